The van der Waals surface area contributed by atoms with E-state index in [-0.39, 0.29) is 17.2 Å². The van der Waals surface area contributed by atoms with Gasteiger partial charge in [0, 0.05) is 16.5 Å². The van der Waals surface area contributed by atoms with Gasteiger partial charge in [-0.1, -0.05) is 32.0 Å². The highest BCUT2D eigenvalue weighted by Crippen LogP contribution is 2.54. The maximum Gasteiger partial charge on any atom is 0.543 e. The number of carboxylic acids is 1. The zero-order chi connectivity index (χ0) is 24.6. The average molecular weight is 468 g/mol. The van der Waals surface area contributed by atoms with Gasteiger partial charge in [0.2, 0.25) is 0 Å². The number of aromatic nitrogens is 1. The highest BCUT2D eigenvalue weighted by molar-refractivity contribution is 7.43. The first-order valence-corrected chi connectivity index (χ1v) is 11.3. The molecule has 8 heteroatoms. The molecule has 2 aromatic carbocycles. The van der Waals surface area contributed by atoms with Gasteiger partial charge in [-0.25, -0.2) is 14.2 Å². The number of nitrogens with zero attached hydrogens (tertiary/aromatic N) is 1. The average Bonchev–Trinajstić information content (AvgIpc) is 2.78. The van der Waals surface area contributed by atoms with Gasteiger partial charge in [-0.05, 0) is 59.2 Å². The normalized spacial score (nSPS) is 15.5. The Morgan fingerprint density at radius 1 is 1.21 bits per heavy atom. The number of carbonyl (C=O) groups is 1. The largest absolute Gasteiger partial charge is 0.543 e. The van der Waals surface area contributed by atoms with Crippen LogP contribution in [0.5, 0.6) is 0 Å². The van der Waals surface area contributed by atoms with Crippen molar-refractivity contribution in [3.63, 3.8) is 0 Å². The zero-order valence-electron chi connectivity index (χ0n) is 18.7. The van der Waals surface area contributed by atoms with Crippen molar-refractivity contribution >= 4 is 24.9 Å². The highest BCUT2D eigenvalue weighted by Gasteiger charge is 2.71. The third-order valence-corrected chi connectivity index (χ3v) is 7.41. The molecule has 0 spiro atoms. The van der Waals surface area contributed by atoms with Crippen molar-refractivity contribution in [2.75, 3.05) is 7.11 Å². The number of carboxylic acid groups (broad SMARTS) is 1. The molecule has 0 radical (unpaired) electrons. The summed E-state index contributed by atoms with van der Waals surface area (Å²) in [5, 5.41) is 20.1. The predicted octanol–water partition coefficient (Wildman–Crippen LogP) is 5.22. The van der Waals surface area contributed by atoms with Crippen LogP contribution in [0.2, 0.25) is 0 Å². The third kappa shape index (κ3) is 3.81. The van der Waals surface area contributed by atoms with Crippen LogP contribution in [0.15, 0.2) is 48.5 Å². The molecule has 0 fully saturated rings. The monoisotopic (exact) mass is 468 g/mol. The summed E-state index contributed by atoms with van der Waals surface area (Å²) in [6, 6.07) is 12.6. The van der Waals surface area contributed by atoms with Crippen LogP contribution in [0.4, 0.5) is 4.39 Å². The first-order chi connectivity index (χ1) is 15.5. The first kappa shape index (κ1) is 24.5. The maximum absolute atomic E-state index is 13.7. The molecule has 0 amide bonds. The molecule has 3 atom stereocenters. The molecular formula is C25H24FNO5P+. The van der Waals surface area contributed by atoms with Crippen LogP contribution in [0.1, 0.15) is 37.8 Å². The molecule has 33 heavy (non-hydrogen) atoms. The molecule has 6 nitrogen and oxygen atoms in total. The number of hydrogen-bond acceptors (Lipinski definition) is 5. The van der Waals surface area contributed by atoms with Crippen LogP contribution in [0.25, 0.3) is 22.2 Å². The Bertz CT molecular complexity index is 1280. The molecule has 0 saturated heterocycles. The second-order valence-electron chi connectivity index (χ2n) is 8.10. The number of para-hydroxylation sites is 1. The SMILES string of the molecule is C#CC(C(=O)O)([P+](=O)OC)C(C)(O)c1c(-c2ccc(F)cc2)nc2ccccc2c1C(C)C. The molecule has 0 aliphatic carbocycles. The summed E-state index contributed by atoms with van der Waals surface area (Å²) < 4.78 is 31.5. The minimum absolute atomic E-state index is 0.101. The van der Waals surface area contributed by atoms with E-state index in [2.05, 4.69) is 5.92 Å². The third-order valence-electron chi connectivity index (χ3n) is 5.78. The minimum atomic E-state index is -3.06. The number of hydrogen-bond donors (Lipinski definition) is 2. The van der Waals surface area contributed by atoms with E-state index in [9.17, 15) is 24.0 Å². The number of pyridine rings is 1. The molecule has 170 valence electrons. The van der Waals surface area contributed by atoms with Crippen LogP contribution >= 0.6 is 8.03 Å². The van der Waals surface area contributed by atoms with Gasteiger partial charge < -0.3 is 10.2 Å². The first-order valence-electron chi connectivity index (χ1n) is 10.2. The lowest BCUT2D eigenvalue weighted by molar-refractivity contribution is -0.145. The van der Waals surface area contributed by atoms with Crippen molar-refractivity contribution in [3.8, 4) is 23.6 Å². The molecule has 1 heterocycles. The Morgan fingerprint density at radius 2 is 1.82 bits per heavy atom. The summed E-state index contributed by atoms with van der Waals surface area (Å²) in [5.74, 6) is -0.303. The minimum Gasteiger partial charge on any atom is -0.477 e. The second-order valence-corrected chi connectivity index (χ2v) is 9.65. The van der Waals surface area contributed by atoms with Crippen LogP contribution < -0.4 is 0 Å². The number of fused-ring (bicyclic) bond motifs is 1. The molecule has 0 saturated carbocycles. The number of halogens is 1. The number of aliphatic carboxylic acids is 1. The lowest BCUT2D eigenvalue weighted by atomic mass is 9.75. The van der Waals surface area contributed by atoms with Gasteiger partial charge in [-0.3, -0.25) is 0 Å². The maximum atomic E-state index is 13.7. The van der Waals surface area contributed by atoms with Crippen LogP contribution in [-0.2, 0) is 19.5 Å². The van der Waals surface area contributed by atoms with Crippen molar-refractivity contribution in [3.05, 3.63) is 65.5 Å². The number of aliphatic hydroxyl groups is 1. The summed E-state index contributed by atoms with van der Waals surface area (Å²) in [7, 11) is -2.00. The Labute approximate surface area is 192 Å². The van der Waals surface area contributed by atoms with Crippen molar-refractivity contribution in [2.24, 2.45) is 0 Å². The summed E-state index contributed by atoms with van der Waals surface area (Å²) in [4.78, 5) is 17.2. The van der Waals surface area contributed by atoms with E-state index in [1.54, 1.807) is 24.3 Å². The lowest BCUT2D eigenvalue weighted by Crippen LogP contribution is -2.53. The van der Waals surface area contributed by atoms with Gasteiger partial charge in [-0.2, -0.15) is 0 Å². The van der Waals surface area contributed by atoms with E-state index in [1.807, 2.05) is 13.8 Å². The summed E-state index contributed by atoms with van der Waals surface area (Å²) in [5.41, 5.74) is -0.463. The summed E-state index contributed by atoms with van der Waals surface area (Å²) in [6.45, 7) is 4.97. The second kappa shape index (κ2) is 8.99. The zero-order valence-corrected chi connectivity index (χ0v) is 19.6. The lowest BCUT2D eigenvalue weighted by Gasteiger charge is -2.34. The molecule has 0 aliphatic rings. The van der Waals surface area contributed by atoms with Gasteiger partial charge in [0.25, 0.3) is 0 Å². The van der Waals surface area contributed by atoms with Crippen LogP contribution in [-0.4, -0.2) is 33.4 Å². The van der Waals surface area contributed by atoms with E-state index in [4.69, 9.17) is 15.9 Å². The highest BCUT2D eigenvalue weighted by atomic mass is 31.1. The van der Waals surface area contributed by atoms with E-state index in [0.29, 0.717) is 22.0 Å². The predicted molar refractivity (Wildman–Crippen MR) is 125 cm³/mol. The van der Waals surface area contributed by atoms with E-state index >= 15 is 0 Å². The smallest absolute Gasteiger partial charge is 0.477 e. The fourth-order valence-electron chi connectivity index (χ4n) is 4.18. The van der Waals surface area contributed by atoms with Gasteiger partial charge in [0.05, 0.1) is 18.3 Å². The van der Waals surface area contributed by atoms with Crippen LogP contribution in [0, 0.1) is 18.2 Å². The Kier molecular flexibility index (Phi) is 6.67. The van der Waals surface area contributed by atoms with Gasteiger partial charge in [0.15, 0.2) is 5.60 Å². The number of benzene rings is 2. The van der Waals surface area contributed by atoms with Gasteiger partial charge in [0.1, 0.15) is 5.82 Å². The summed E-state index contributed by atoms with van der Waals surface area (Å²) in [6.07, 6.45) is 5.63. The fourth-order valence-corrected chi connectivity index (χ4v) is 5.19. The standard InChI is InChI=1S/C25H23FNO5P/c1-6-25(23(28)29,33(31)32-5)24(4,30)21-20(15(2)3)18-9-7-8-10-19(18)27-22(21)16-11-13-17(26)14-12-16/h1,7-15,30H,2-5H3/p+1. The van der Waals surface area contributed by atoms with Crippen molar-refractivity contribution in [2.45, 2.75) is 37.4 Å². The number of terminal acetylenes is 1. The van der Waals surface area contributed by atoms with Crippen molar-refractivity contribution in [1.29, 1.82) is 0 Å². The molecular weight excluding hydrogens is 444 g/mol. The molecule has 3 rings (SSSR count). The van der Waals surface area contributed by atoms with E-state index < -0.39 is 30.6 Å². The Hall–Kier alpha value is -3.17. The van der Waals surface area contributed by atoms with Crippen LogP contribution in [0.3, 0.4) is 0 Å². The fraction of sp³-hybridized carbons (Fsp3) is 0.280. The molecule has 1 aromatic heterocycles. The van der Waals surface area contributed by atoms with Crippen molar-refractivity contribution < 1.29 is 28.5 Å². The summed E-state index contributed by atoms with van der Waals surface area (Å²) >= 11 is 0. The Morgan fingerprint density at radius 3 is 2.33 bits per heavy atom. The molecule has 2 N–H and O–H groups in total. The number of rotatable bonds is 7. The molecule has 3 unspecified atom stereocenters. The molecule has 0 bridgehead atoms. The quantitative estimate of drug-likeness (QED) is 0.365. The Balaban J connectivity index is 2.58. The van der Waals surface area contributed by atoms with Gasteiger partial charge in [-0.15, -0.1) is 10.9 Å². The van der Waals surface area contributed by atoms with E-state index in [1.165, 1.54) is 31.2 Å². The molecule has 0 aliphatic heterocycles. The molecule has 3 aromatic rings. The van der Waals surface area contributed by atoms with Crippen molar-refractivity contribution in [1.82, 2.24) is 4.98 Å². The van der Waals surface area contributed by atoms with E-state index in [0.717, 1.165) is 7.11 Å². The topological polar surface area (TPSA) is 96.7 Å². The van der Waals surface area contributed by atoms with Gasteiger partial charge >= 0.3 is 19.2 Å².